The summed E-state index contributed by atoms with van der Waals surface area (Å²) in [7, 11) is 1.58. The van der Waals surface area contributed by atoms with Gasteiger partial charge in [0.15, 0.2) is 0 Å². The third-order valence-electron chi connectivity index (χ3n) is 3.78. The monoisotopic (exact) mass is 361 g/mol. The summed E-state index contributed by atoms with van der Waals surface area (Å²) in [6.07, 6.45) is 0.840. The number of hydrogen-bond donors (Lipinski definition) is 2. The summed E-state index contributed by atoms with van der Waals surface area (Å²) >= 11 is 5.89. The van der Waals surface area contributed by atoms with Crippen molar-refractivity contribution in [2.75, 3.05) is 13.7 Å². The number of benzene rings is 2. The maximum absolute atomic E-state index is 12.2. The average molecular weight is 362 g/mol. The molecule has 5 nitrogen and oxygen atoms in total. The van der Waals surface area contributed by atoms with Crippen molar-refractivity contribution in [3.05, 3.63) is 70.2 Å². The van der Waals surface area contributed by atoms with Crippen LogP contribution in [0.3, 0.4) is 0 Å². The summed E-state index contributed by atoms with van der Waals surface area (Å²) < 4.78 is 5.18. The molecule has 0 aliphatic rings. The number of hydrogen-bond acceptors (Lipinski definition) is 3. The van der Waals surface area contributed by atoms with E-state index in [4.69, 9.17) is 21.4 Å². The number of methoxy groups -OCH3 is 1. The number of rotatable bonds is 8. The number of carboxylic acids is 1. The Bertz CT molecular complexity index is 713. The molecule has 1 amide bonds. The zero-order valence-electron chi connectivity index (χ0n) is 13.9. The van der Waals surface area contributed by atoms with Crippen molar-refractivity contribution in [2.24, 2.45) is 0 Å². The van der Waals surface area contributed by atoms with Crippen molar-refractivity contribution in [3.8, 4) is 0 Å². The lowest BCUT2D eigenvalue weighted by Crippen LogP contribution is -2.31. The van der Waals surface area contributed by atoms with Crippen LogP contribution in [0.4, 0.5) is 0 Å². The summed E-state index contributed by atoms with van der Waals surface area (Å²) in [5.41, 5.74) is 2.07. The van der Waals surface area contributed by atoms with Crippen molar-refractivity contribution >= 4 is 23.5 Å². The molecule has 0 fully saturated rings. The van der Waals surface area contributed by atoms with Gasteiger partial charge in [0.1, 0.15) is 0 Å². The van der Waals surface area contributed by atoms with Gasteiger partial charge in [0.25, 0.3) is 0 Å². The van der Waals surface area contributed by atoms with Gasteiger partial charge in [-0.25, -0.2) is 4.79 Å². The van der Waals surface area contributed by atoms with Gasteiger partial charge in [-0.15, -0.1) is 0 Å². The van der Waals surface area contributed by atoms with E-state index < -0.39 is 5.97 Å². The fourth-order valence-electron chi connectivity index (χ4n) is 2.42. The lowest BCUT2D eigenvalue weighted by atomic mass is 10.1. The van der Waals surface area contributed by atoms with Gasteiger partial charge in [-0.3, -0.25) is 4.79 Å². The highest BCUT2D eigenvalue weighted by Crippen LogP contribution is 2.17. The predicted molar refractivity (Wildman–Crippen MR) is 95.9 cm³/mol. The fourth-order valence-corrected chi connectivity index (χ4v) is 2.55. The van der Waals surface area contributed by atoms with E-state index in [9.17, 15) is 9.59 Å². The molecule has 0 radical (unpaired) electrons. The van der Waals surface area contributed by atoms with Crippen molar-refractivity contribution in [1.82, 2.24) is 5.32 Å². The Hall–Kier alpha value is -2.37. The predicted octanol–water partition coefficient (Wildman–Crippen LogP) is 3.47. The van der Waals surface area contributed by atoms with E-state index in [0.29, 0.717) is 24.5 Å². The highest BCUT2D eigenvalue weighted by atomic mass is 35.5. The number of carbonyl (C=O) groups excluding carboxylic acids is 1. The lowest BCUT2D eigenvalue weighted by molar-refractivity contribution is -0.122. The van der Waals surface area contributed by atoms with Crippen LogP contribution in [0.2, 0.25) is 5.02 Å². The largest absolute Gasteiger partial charge is 0.478 e. The van der Waals surface area contributed by atoms with Crippen LogP contribution in [-0.2, 0) is 16.0 Å². The molecule has 0 aliphatic carbocycles. The van der Waals surface area contributed by atoms with E-state index in [2.05, 4.69) is 5.32 Å². The van der Waals surface area contributed by atoms with Crippen LogP contribution in [0.5, 0.6) is 0 Å². The zero-order valence-corrected chi connectivity index (χ0v) is 14.6. The van der Waals surface area contributed by atoms with Crippen LogP contribution in [0.25, 0.3) is 0 Å². The summed E-state index contributed by atoms with van der Waals surface area (Å²) in [4.78, 5) is 23.1. The van der Waals surface area contributed by atoms with Gasteiger partial charge in [-0.1, -0.05) is 35.9 Å². The highest BCUT2D eigenvalue weighted by Gasteiger charge is 2.14. The van der Waals surface area contributed by atoms with E-state index in [1.54, 1.807) is 31.4 Å². The van der Waals surface area contributed by atoms with Gasteiger partial charge >= 0.3 is 5.97 Å². The second-order valence-corrected chi connectivity index (χ2v) is 6.07. The molecule has 0 heterocycles. The molecule has 0 aliphatic heterocycles. The van der Waals surface area contributed by atoms with E-state index >= 15 is 0 Å². The molecular formula is C19H20ClNO4. The van der Waals surface area contributed by atoms with Crippen molar-refractivity contribution < 1.29 is 19.4 Å². The Kier molecular flexibility index (Phi) is 6.98. The maximum Gasteiger partial charge on any atom is 0.335 e. The molecule has 132 valence electrons. The Balaban J connectivity index is 1.92. The third kappa shape index (κ3) is 5.89. The number of halogens is 1. The highest BCUT2D eigenvalue weighted by molar-refractivity contribution is 6.30. The Morgan fingerprint density at radius 3 is 2.32 bits per heavy atom. The molecule has 1 unspecified atom stereocenters. The molecule has 2 rings (SSSR count). The van der Waals surface area contributed by atoms with Gasteiger partial charge in [-0.2, -0.15) is 0 Å². The first-order valence-corrected chi connectivity index (χ1v) is 8.23. The van der Waals surface area contributed by atoms with Crippen molar-refractivity contribution in [1.29, 1.82) is 0 Å². The first-order chi connectivity index (χ1) is 12.0. The maximum atomic E-state index is 12.2. The second-order valence-electron chi connectivity index (χ2n) is 5.63. The zero-order chi connectivity index (χ0) is 18.2. The molecule has 2 N–H and O–H groups in total. The molecule has 0 aromatic heterocycles. The normalized spacial score (nSPS) is 11.8. The minimum Gasteiger partial charge on any atom is -0.478 e. The van der Waals surface area contributed by atoms with Crippen LogP contribution in [0.1, 0.15) is 33.9 Å². The average Bonchev–Trinajstić information content (AvgIpc) is 2.60. The van der Waals surface area contributed by atoms with Gasteiger partial charge < -0.3 is 15.2 Å². The Morgan fingerprint density at radius 1 is 1.12 bits per heavy atom. The van der Waals surface area contributed by atoms with E-state index in [-0.39, 0.29) is 17.5 Å². The molecule has 2 aromatic rings. The van der Waals surface area contributed by atoms with Crippen LogP contribution in [0.15, 0.2) is 48.5 Å². The molecule has 0 bridgehead atoms. The molecule has 25 heavy (non-hydrogen) atoms. The van der Waals surface area contributed by atoms with E-state index in [0.717, 1.165) is 11.1 Å². The Labute approximate surface area is 151 Å². The molecule has 0 saturated carbocycles. The first-order valence-electron chi connectivity index (χ1n) is 7.85. The van der Waals surface area contributed by atoms with Gasteiger partial charge in [0.2, 0.25) is 5.91 Å². The standard InChI is InChI=1S/C19H20ClNO4/c1-25-12-17(14-7-9-16(20)10-8-14)21-18(22)11-4-13-2-5-15(6-3-13)19(23)24/h2-3,5-10,17H,4,11-12H2,1H3,(H,21,22)(H,23,24). The molecule has 0 spiro atoms. The topological polar surface area (TPSA) is 75.6 Å². The summed E-state index contributed by atoms with van der Waals surface area (Å²) in [5, 5.41) is 12.5. The first kappa shape index (κ1) is 19.0. The molecule has 2 aromatic carbocycles. The number of carboxylic acid groups (broad SMARTS) is 1. The molecular weight excluding hydrogens is 342 g/mol. The van der Waals surface area contributed by atoms with Crippen molar-refractivity contribution in [2.45, 2.75) is 18.9 Å². The fraction of sp³-hybridized carbons (Fsp3) is 0.263. The van der Waals surface area contributed by atoms with E-state index in [1.165, 1.54) is 12.1 Å². The number of amides is 1. The lowest BCUT2D eigenvalue weighted by Gasteiger charge is -2.18. The number of nitrogens with one attached hydrogen (secondary N) is 1. The third-order valence-corrected chi connectivity index (χ3v) is 4.03. The van der Waals surface area contributed by atoms with E-state index in [1.807, 2.05) is 12.1 Å². The minimum atomic E-state index is -0.963. The van der Waals surface area contributed by atoms with Crippen LogP contribution >= 0.6 is 11.6 Å². The Morgan fingerprint density at radius 2 is 1.76 bits per heavy atom. The number of aryl methyl sites for hydroxylation is 1. The molecule has 0 saturated heterocycles. The quantitative estimate of drug-likeness (QED) is 0.754. The van der Waals surface area contributed by atoms with Crippen LogP contribution in [0, 0.1) is 0 Å². The summed E-state index contributed by atoms with van der Waals surface area (Å²) in [5.74, 6) is -1.06. The van der Waals surface area contributed by atoms with Gasteiger partial charge in [0.05, 0.1) is 18.2 Å². The SMILES string of the molecule is COCC(NC(=O)CCc1ccc(C(=O)O)cc1)c1ccc(Cl)cc1. The summed E-state index contributed by atoms with van der Waals surface area (Å²) in [6, 6.07) is 13.5. The van der Waals surface area contributed by atoms with Crippen LogP contribution < -0.4 is 5.32 Å². The number of aromatic carboxylic acids is 1. The number of ether oxygens (including phenoxy) is 1. The second kappa shape index (κ2) is 9.20. The minimum absolute atomic E-state index is 0.0979. The summed E-state index contributed by atoms with van der Waals surface area (Å²) in [6.45, 7) is 0.362. The van der Waals surface area contributed by atoms with Gasteiger partial charge in [-0.05, 0) is 41.8 Å². The van der Waals surface area contributed by atoms with Gasteiger partial charge in [0, 0.05) is 18.6 Å². The number of carbonyl (C=O) groups is 2. The smallest absolute Gasteiger partial charge is 0.335 e. The molecule has 1 atom stereocenters. The van der Waals surface area contributed by atoms with Crippen molar-refractivity contribution in [3.63, 3.8) is 0 Å². The van der Waals surface area contributed by atoms with Crippen LogP contribution in [-0.4, -0.2) is 30.7 Å². The molecule has 6 heteroatoms.